The lowest BCUT2D eigenvalue weighted by Gasteiger charge is -2.35. The summed E-state index contributed by atoms with van der Waals surface area (Å²) in [5.41, 5.74) is 5.46. The van der Waals surface area contributed by atoms with E-state index in [2.05, 4.69) is 12.2 Å². The van der Waals surface area contributed by atoms with Crippen LogP contribution in [0.2, 0.25) is 0 Å². The van der Waals surface area contributed by atoms with Gasteiger partial charge in [-0.05, 0) is 31.1 Å². The number of carbonyl (C=O) groups is 1. The van der Waals surface area contributed by atoms with E-state index >= 15 is 0 Å². The summed E-state index contributed by atoms with van der Waals surface area (Å²) in [5, 5.41) is 3.14. The number of ether oxygens (including phenoxy) is 1. The van der Waals surface area contributed by atoms with Gasteiger partial charge in [-0.25, -0.2) is 0 Å². The van der Waals surface area contributed by atoms with E-state index in [0.717, 1.165) is 25.3 Å². The third kappa shape index (κ3) is 2.86. The van der Waals surface area contributed by atoms with Crippen molar-refractivity contribution in [3.8, 4) is 0 Å². The predicted molar refractivity (Wildman–Crippen MR) is 71.1 cm³/mol. The Morgan fingerprint density at radius 3 is 2.67 bits per heavy atom. The molecule has 0 aromatic rings. The molecule has 0 aromatic heterocycles. The summed E-state index contributed by atoms with van der Waals surface area (Å²) in [5.74, 6) is 1.55. The fourth-order valence-electron chi connectivity index (χ4n) is 3.22. The Hall–Kier alpha value is -0.610. The van der Waals surface area contributed by atoms with E-state index in [0.29, 0.717) is 25.7 Å². The zero-order chi connectivity index (χ0) is 13.0. The van der Waals surface area contributed by atoms with Crippen molar-refractivity contribution < 1.29 is 9.53 Å². The monoisotopic (exact) mass is 254 g/mol. The van der Waals surface area contributed by atoms with E-state index in [4.69, 9.17) is 10.5 Å². The number of carbonyl (C=O) groups excluding carboxylic acids is 1. The molecule has 1 amide bonds. The summed E-state index contributed by atoms with van der Waals surface area (Å²) in [6.45, 7) is 4.86. The summed E-state index contributed by atoms with van der Waals surface area (Å²) in [6.07, 6.45) is 5.37. The molecule has 0 aromatic carbocycles. The van der Waals surface area contributed by atoms with Crippen LogP contribution in [0.5, 0.6) is 0 Å². The van der Waals surface area contributed by atoms with Gasteiger partial charge in [-0.2, -0.15) is 0 Å². The van der Waals surface area contributed by atoms with Crippen LogP contribution in [0.25, 0.3) is 0 Å². The van der Waals surface area contributed by atoms with Crippen LogP contribution in [0, 0.1) is 17.3 Å². The zero-order valence-electron chi connectivity index (χ0n) is 11.4. The molecule has 1 aliphatic heterocycles. The Kier molecular flexibility index (Phi) is 4.62. The Morgan fingerprint density at radius 2 is 2.11 bits per heavy atom. The van der Waals surface area contributed by atoms with Crippen LogP contribution >= 0.6 is 0 Å². The van der Waals surface area contributed by atoms with Gasteiger partial charge < -0.3 is 15.8 Å². The Morgan fingerprint density at radius 1 is 1.39 bits per heavy atom. The third-order valence-electron chi connectivity index (χ3n) is 4.89. The SMILES string of the molecule is CC1CCCC1CNC(=O)C1(CN)CCOCC1. The van der Waals surface area contributed by atoms with Crippen molar-refractivity contribution in [3.05, 3.63) is 0 Å². The van der Waals surface area contributed by atoms with E-state index in [9.17, 15) is 4.79 Å². The molecule has 0 spiro atoms. The molecule has 2 aliphatic rings. The normalized spacial score (nSPS) is 31.2. The summed E-state index contributed by atoms with van der Waals surface area (Å²) in [6, 6.07) is 0. The third-order valence-corrected chi connectivity index (χ3v) is 4.89. The van der Waals surface area contributed by atoms with Gasteiger partial charge in [-0.1, -0.05) is 19.8 Å². The number of rotatable bonds is 4. The molecule has 2 fully saturated rings. The number of amides is 1. The molecule has 4 nitrogen and oxygen atoms in total. The lowest BCUT2D eigenvalue weighted by molar-refractivity contribution is -0.136. The number of nitrogens with two attached hydrogens (primary N) is 1. The van der Waals surface area contributed by atoms with Gasteiger partial charge in [0.2, 0.25) is 5.91 Å². The predicted octanol–water partition coefficient (Wildman–Crippen LogP) is 1.29. The van der Waals surface area contributed by atoms with Crippen LogP contribution in [0.4, 0.5) is 0 Å². The zero-order valence-corrected chi connectivity index (χ0v) is 11.4. The van der Waals surface area contributed by atoms with Crippen LogP contribution in [-0.4, -0.2) is 32.2 Å². The second kappa shape index (κ2) is 6.02. The highest BCUT2D eigenvalue weighted by atomic mass is 16.5. The number of hydrogen-bond donors (Lipinski definition) is 2. The summed E-state index contributed by atoms with van der Waals surface area (Å²) < 4.78 is 5.34. The van der Waals surface area contributed by atoms with Crippen molar-refractivity contribution >= 4 is 5.91 Å². The summed E-state index contributed by atoms with van der Waals surface area (Å²) >= 11 is 0. The Labute approximate surface area is 110 Å². The van der Waals surface area contributed by atoms with Gasteiger partial charge >= 0.3 is 0 Å². The molecule has 1 saturated heterocycles. The maximum Gasteiger partial charge on any atom is 0.227 e. The molecule has 4 heteroatoms. The molecule has 0 radical (unpaired) electrons. The topological polar surface area (TPSA) is 64.4 Å². The summed E-state index contributed by atoms with van der Waals surface area (Å²) in [7, 11) is 0. The molecule has 18 heavy (non-hydrogen) atoms. The first-order valence-corrected chi connectivity index (χ1v) is 7.24. The van der Waals surface area contributed by atoms with Crippen LogP contribution in [0.15, 0.2) is 0 Å². The van der Waals surface area contributed by atoms with E-state index < -0.39 is 0 Å². The molecule has 3 N–H and O–H groups in total. The Balaban J connectivity index is 1.85. The molecule has 1 heterocycles. The van der Waals surface area contributed by atoms with Gasteiger partial charge in [0.1, 0.15) is 0 Å². The summed E-state index contributed by atoms with van der Waals surface area (Å²) in [4.78, 5) is 12.4. The highest BCUT2D eigenvalue weighted by molar-refractivity contribution is 5.83. The molecule has 2 unspecified atom stereocenters. The standard InChI is InChI=1S/C14H26N2O2/c1-11-3-2-4-12(11)9-16-13(17)14(10-15)5-7-18-8-6-14/h11-12H,2-10,15H2,1H3,(H,16,17). The number of hydrogen-bond acceptors (Lipinski definition) is 3. The fourth-order valence-corrected chi connectivity index (χ4v) is 3.22. The van der Waals surface area contributed by atoms with Gasteiger partial charge in [0.15, 0.2) is 0 Å². The maximum absolute atomic E-state index is 12.4. The van der Waals surface area contributed by atoms with Crippen LogP contribution < -0.4 is 11.1 Å². The van der Waals surface area contributed by atoms with Crippen molar-refractivity contribution in [1.82, 2.24) is 5.32 Å². The van der Waals surface area contributed by atoms with Gasteiger partial charge in [0.05, 0.1) is 5.41 Å². The van der Waals surface area contributed by atoms with E-state index in [1.807, 2.05) is 0 Å². The van der Waals surface area contributed by atoms with Crippen molar-refractivity contribution in [2.45, 2.75) is 39.0 Å². The minimum absolute atomic E-state index is 0.146. The van der Waals surface area contributed by atoms with Crippen molar-refractivity contribution in [1.29, 1.82) is 0 Å². The fraction of sp³-hybridized carbons (Fsp3) is 0.929. The van der Waals surface area contributed by atoms with Crippen molar-refractivity contribution in [3.63, 3.8) is 0 Å². The van der Waals surface area contributed by atoms with Crippen molar-refractivity contribution in [2.24, 2.45) is 23.0 Å². The molecule has 1 aliphatic carbocycles. The van der Waals surface area contributed by atoms with E-state index in [-0.39, 0.29) is 11.3 Å². The molecular weight excluding hydrogens is 228 g/mol. The molecule has 1 saturated carbocycles. The maximum atomic E-state index is 12.4. The van der Waals surface area contributed by atoms with Gasteiger partial charge in [0.25, 0.3) is 0 Å². The van der Waals surface area contributed by atoms with Crippen LogP contribution in [-0.2, 0) is 9.53 Å². The molecular formula is C14H26N2O2. The van der Waals surface area contributed by atoms with E-state index in [1.165, 1.54) is 19.3 Å². The average Bonchev–Trinajstić information content (AvgIpc) is 2.82. The van der Waals surface area contributed by atoms with Gasteiger partial charge in [-0.3, -0.25) is 4.79 Å². The first-order chi connectivity index (χ1) is 8.68. The minimum atomic E-state index is -0.375. The lowest BCUT2D eigenvalue weighted by atomic mass is 9.79. The largest absolute Gasteiger partial charge is 0.381 e. The first kappa shape index (κ1) is 13.8. The highest BCUT2D eigenvalue weighted by Crippen LogP contribution is 2.32. The smallest absolute Gasteiger partial charge is 0.227 e. The Bertz CT molecular complexity index is 288. The number of nitrogens with one attached hydrogen (secondary N) is 1. The quantitative estimate of drug-likeness (QED) is 0.794. The van der Waals surface area contributed by atoms with Gasteiger partial charge in [-0.15, -0.1) is 0 Å². The second-order valence-electron chi connectivity index (χ2n) is 5.98. The van der Waals surface area contributed by atoms with Crippen molar-refractivity contribution in [2.75, 3.05) is 26.3 Å². The van der Waals surface area contributed by atoms with Gasteiger partial charge in [0, 0.05) is 26.3 Å². The average molecular weight is 254 g/mol. The minimum Gasteiger partial charge on any atom is -0.381 e. The molecule has 2 atom stereocenters. The second-order valence-corrected chi connectivity index (χ2v) is 5.98. The van der Waals surface area contributed by atoms with Crippen LogP contribution in [0.1, 0.15) is 39.0 Å². The van der Waals surface area contributed by atoms with E-state index in [1.54, 1.807) is 0 Å². The molecule has 104 valence electrons. The highest BCUT2D eigenvalue weighted by Gasteiger charge is 2.39. The lowest BCUT2D eigenvalue weighted by Crippen LogP contribution is -2.50. The van der Waals surface area contributed by atoms with Crippen LogP contribution in [0.3, 0.4) is 0 Å². The molecule has 0 bridgehead atoms. The molecule has 2 rings (SSSR count). The first-order valence-electron chi connectivity index (χ1n) is 7.24.